The Labute approximate surface area is 113 Å². The van der Waals surface area contributed by atoms with E-state index in [4.69, 9.17) is 11.6 Å². The van der Waals surface area contributed by atoms with Gasteiger partial charge in [-0.05, 0) is 36.6 Å². The van der Waals surface area contributed by atoms with Crippen molar-refractivity contribution in [3.8, 4) is 0 Å². The van der Waals surface area contributed by atoms with E-state index in [0.29, 0.717) is 0 Å². The van der Waals surface area contributed by atoms with Crippen molar-refractivity contribution in [2.24, 2.45) is 4.99 Å². The third kappa shape index (κ3) is 4.01. The first kappa shape index (κ1) is 12.8. The molecule has 0 aliphatic rings. The zero-order chi connectivity index (χ0) is 12.8. The molecule has 0 bridgehead atoms. The van der Waals surface area contributed by atoms with Crippen LogP contribution in [0.3, 0.4) is 0 Å². The SMILES string of the molecule is C[C@H](Cc1ccccc1)N=Cc1ccc(Cl)cc1. The highest BCUT2D eigenvalue weighted by molar-refractivity contribution is 6.30. The van der Waals surface area contributed by atoms with Crippen molar-refractivity contribution in [1.29, 1.82) is 0 Å². The number of nitrogens with zero attached hydrogens (tertiary/aromatic N) is 1. The fourth-order valence-electron chi connectivity index (χ4n) is 1.77. The number of rotatable bonds is 4. The summed E-state index contributed by atoms with van der Waals surface area (Å²) in [5, 5.41) is 0.754. The van der Waals surface area contributed by atoms with Crippen LogP contribution in [0.2, 0.25) is 5.02 Å². The topological polar surface area (TPSA) is 12.4 Å². The van der Waals surface area contributed by atoms with Crippen LogP contribution < -0.4 is 0 Å². The summed E-state index contributed by atoms with van der Waals surface area (Å²) in [6.07, 6.45) is 2.87. The molecule has 0 spiro atoms. The molecule has 1 nitrogen and oxygen atoms in total. The maximum Gasteiger partial charge on any atom is 0.0511 e. The number of halogens is 1. The summed E-state index contributed by atoms with van der Waals surface area (Å²) in [5.74, 6) is 0. The number of hydrogen-bond acceptors (Lipinski definition) is 1. The molecule has 92 valence electrons. The number of benzene rings is 2. The Hall–Kier alpha value is -1.60. The standard InChI is InChI=1S/C16H16ClN/c1-13(11-14-5-3-2-4-6-14)18-12-15-7-9-16(17)10-8-15/h2-10,12-13H,11H2,1H3/t13-/m1/s1. The summed E-state index contributed by atoms with van der Waals surface area (Å²) in [5.41, 5.74) is 2.40. The molecule has 0 unspecified atom stereocenters. The van der Waals surface area contributed by atoms with Gasteiger partial charge >= 0.3 is 0 Å². The van der Waals surface area contributed by atoms with Crippen LogP contribution in [0.1, 0.15) is 18.1 Å². The Morgan fingerprint density at radius 1 is 1.06 bits per heavy atom. The first-order valence-corrected chi connectivity index (χ1v) is 6.44. The normalized spacial score (nSPS) is 12.8. The van der Waals surface area contributed by atoms with E-state index in [2.05, 4.69) is 36.2 Å². The highest BCUT2D eigenvalue weighted by atomic mass is 35.5. The lowest BCUT2D eigenvalue weighted by Crippen LogP contribution is -2.03. The molecule has 1 atom stereocenters. The zero-order valence-corrected chi connectivity index (χ0v) is 11.1. The molecule has 2 aromatic carbocycles. The van der Waals surface area contributed by atoms with Gasteiger partial charge < -0.3 is 0 Å². The lowest BCUT2D eigenvalue weighted by molar-refractivity contribution is 0.744. The highest BCUT2D eigenvalue weighted by Gasteiger charge is 1.99. The second-order valence-corrected chi connectivity index (χ2v) is 4.80. The van der Waals surface area contributed by atoms with Crippen molar-refractivity contribution in [3.63, 3.8) is 0 Å². The van der Waals surface area contributed by atoms with E-state index in [1.165, 1.54) is 5.56 Å². The molecular weight excluding hydrogens is 242 g/mol. The Kier molecular flexibility index (Phi) is 4.54. The van der Waals surface area contributed by atoms with Crippen molar-refractivity contribution in [2.75, 3.05) is 0 Å². The minimum Gasteiger partial charge on any atom is -0.289 e. The lowest BCUT2D eigenvalue weighted by atomic mass is 10.1. The molecule has 0 aliphatic carbocycles. The Balaban J connectivity index is 1.95. The predicted molar refractivity (Wildman–Crippen MR) is 78.7 cm³/mol. The van der Waals surface area contributed by atoms with Crippen LogP contribution in [-0.2, 0) is 6.42 Å². The van der Waals surface area contributed by atoms with Gasteiger partial charge in [0.1, 0.15) is 0 Å². The monoisotopic (exact) mass is 257 g/mol. The molecule has 0 saturated heterocycles. The van der Waals surface area contributed by atoms with Crippen molar-refractivity contribution in [1.82, 2.24) is 0 Å². The van der Waals surface area contributed by atoms with E-state index in [1.807, 2.05) is 36.5 Å². The average molecular weight is 258 g/mol. The molecule has 0 heterocycles. The summed E-state index contributed by atoms with van der Waals surface area (Å²) in [6, 6.07) is 18.4. The van der Waals surface area contributed by atoms with Crippen molar-refractivity contribution >= 4 is 17.8 Å². The molecule has 2 heteroatoms. The van der Waals surface area contributed by atoms with Gasteiger partial charge in [0.25, 0.3) is 0 Å². The molecule has 0 aromatic heterocycles. The van der Waals surface area contributed by atoms with Crippen LogP contribution >= 0.6 is 11.6 Å². The minimum atomic E-state index is 0.281. The maximum absolute atomic E-state index is 5.84. The van der Waals surface area contributed by atoms with Gasteiger partial charge in [-0.1, -0.05) is 54.1 Å². The van der Waals surface area contributed by atoms with Gasteiger partial charge in [0.2, 0.25) is 0 Å². The Bertz CT molecular complexity index is 502. The van der Waals surface area contributed by atoms with E-state index in [1.54, 1.807) is 0 Å². The van der Waals surface area contributed by atoms with Crippen molar-refractivity contribution < 1.29 is 0 Å². The largest absolute Gasteiger partial charge is 0.289 e. The predicted octanol–water partition coefficient (Wildman–Crippen LogP) is 4.39. The number of aliphatic imine (C=N–C) groups is 1. The molecule has 0 amide bonds. The molecule has 2 aromatic rings. The molecular formula is C16H16ClN. The van der Waals surface area contributed by atoms with E-state index in [0.717, 1.165) is 17.0 Å². The van der Waals surface area contributed by atoms with Gasteiger partial charge in [-0.3, -0.25) is 4.99 Å². The van der Waals surface area contributed by atoms with Gasteiger partial charge in [0.15, 0.2) is 0 Å². The van der Waals surface area contributed by atoms with E-state index in [-0.39, 0.29) is 6.04 Å². The summed E-state index contributed by atoms with van der Waals surface area (Å²) in [7, 11) is 0. The van der Waals surface area contributed by atoms with E-state index < -0.39 is 0 Å². The van der Waals surface area contributed by atoms with Gasteiger partial charge in [-0.2, -0.15) is 0 Å². The summed E-state index contributed by atoms with van der Waals surface area (Å²) < 4.78 is 0. The summed E-state index contributed by atoms with van der Waals surface area (Å²) >= 11 is 5.84. The van der Waals surface area contributed by atoms with Gasteiger partial charge in [-0.15, -0.1) is 0 Å². The smallest absolute Gasteiger partial charge is 0.0511 e. The Morgan fingerprint density at radius 3 is 2.39 bits per heavy atom. The minimum absolute atomic E-state index is 0.281. The summed E-state index contributed by atoms with van der Waals surface area (Å²) in [6.45, 7) is 2.12. The van der Waals surface area contributed by atoms with Crippen LogP contribution in [-0.4, -0.2) is 12.3 Å². The van der Waals surface area contributed by atoms with E-state index >= 15 is 0 Å². The molecule has 0 radical (unpaired) electrons. The fourth-order valence-corrected chi connectivity index (χ4v) is 1.90. The number of hydrogen-bond donors (Lipinski definition) is 0. The van der Waals surface area contributed by atoms with Crippen LogP contribution in [0.25, 0.3) is 0 Å². The second kappa shape index (κ2) is 6.36. The van der Waals surface area contributed by atoms with E-state index in [9.17, 15) is 0 Å². The second-order valence-electron chi connectivity index (χ2n) is 4.37. The highest BCUT2D eigenvalue weighted by Crippen LogP contribution is 2.09. The molecule has 2 rings (SSSR count). The van der Waals surface area contributed by atoms with Crippen molar-refractivity contribution in [3.05, 3.63) is 70.7 Å². The average Bonchev–Trinajstić information content (AvgIpc) is 2.39. The van der Waals surface area contributed by atoms with Crippen LogP contribution in [0, 0.1) is 0 Å². The van der Waals surface area contributed by atoms with Gasteiger partial charge in [0, 0.05) is 11.2 Å². The fraction of sp³-hybridized carbons (Fsp3) is 0.188. The van der Waals surface area contributed by atoms with Crippen LogP contribution in [0.15, 0.2) is 59.6 Å². The van der Waals surface area contributed by atoms with Crippen LogP contribution in [0.5, 0.6) is 0 Å². The van der Waals surface area contributed by atoms with Crippen LogP contribution in [0.4, 0.5) is 0 Å². The zero-order valence-electron chi connectivity index (χ0n) is 10.4. The molecule has 0 saturated carbocycles. The lowest BCUT2D eigenvalue weighted by Gasteiger charge is -2.05. The third-order valence-corrected chi connectivity index (χ3v) is 2.97. The maximum atomic E-state index is 5.84. The molecule has 0 fully saturated rings. The third-order valence-electron chi connectivity index (χ3n) is 2.72. The first-order chi connectivity index (χ1) is 8.74. The molecule has 0 N–H and O–H groups in total. The quantitative estimate of drug-likeness (QED) is 0.721. The van der Waals surface area contributed by atoms with Gasteiger partial charge in [-0.25, -0.2) is 0 Å². The molecule has 18 heavy (non-hydrogen) atoms. The molecule has 0 aliphatic heterocycles. The first-order valence-electron chi connectivity index (χ1n) is 6.07. The Morgan fingerprint density at radius 2 is 1.72 bits per heavy atom. The summed E-state index contributed by atoms with van der Waals surface area (Å²) in [4.78, 5) is 4.55. The van der Waals surface area contributed by atoms with Crippen molar-refractivity contribution in [2.45, 2.75) is 19.4 Å². The van der Waals surface area contributed by atoms with Gasteiger partial charge in [0.05, 0.1) is 6.04 Å².